The van der Waals surface area contributed by atoms with Crippen molar-refractivity contribution in [2.75, 3.05) is 0 Å². The van der Waals surface area contributed by atoms with Crippen LogP contribution in [-0.2, 0) is 9.53 Å². The van der Waals surface area contributed by atoms with Crippen LogP contribution in [0.1, 0.15) is 49.4 Å². The number of halogens is 2. The summed E-state index contributed by atoms with van der Waals surface area (Å²) in [5.41, 5.74) is -0.816. The van der Waals surface area contributed by atoms with Crippen LogP contribution in [0.4, 0.5) is 8.78 Å². The first-order valence-electron chi connectivity index (χ1n) is 8.34. The van der Waals surface area contributed by atoms with E-state index in [2.05, 4.69) is 16.1 Å². The second-order valence-electron chi connectivity index (χ2n) is 6.19. The molecule has 0 unspecified atom stereocenters. The highest BCUT2D eigenvalue weighted by atomic mass is 19.3. The third-order valence-corrected chi connectivity index (χ3v) is 4.25. The number of alkyl halides is 2. The lowest BCUT2D eigenvalue weighted by Crippen LogP contribution is -2.52. The van der Waals surface area contributed by atoms with Crippen molar-refractivity contribution in [3.8, 4) is 11.8 Å². The Bertz CT molecular complexity index is 679. The van der Waals surface area contributed by atoms with Crippen molar-refractivity contribution in [3.63, 3.8) is 0 Å². The SMILES string of the molecule is C[C@@H](OC(=O)c1ccc(OC(F)F)cc1)C(=O)NC1(C#N)CCCCC1. The van der Waals surface area contributed by atoms with Gasteiger partial charge in [-0.3, -0.25) is 4.79 Å². The number of nitrogens with one attached hydrogen (secondary N) is 1. The number of carbonyl (C=O) groups is 2. The fraction of sp³-hybridized carbons (Fsp3) is 0.500. The third-order valence-electron chi connectivity index (χ3n) is 4.25. The highest BCUT2D eigenvalue weighted by molar-refractivity contribution is 5.92. The van der Waals surface area contributed by atoms with Crippen LogP contribution < -0.4 is 10.1 Å². The molecule has 0 aromatic heterocycles. The molecule has 1 N–H and O–H groups in total. The van der Waals surface area contributed by atoms with Gasteiger partial charge < -0.3 is 14.8 Å². The molecule has 1 amide bonds. The average Bonchev–Trinajstić information content (AvgIpc) is 2.62. The lowest BCUT2D eigenvalue weighted by atomic mass is 9.83. The first-order valence-corrected chi connectivity index (χ1v) is 8.34. The molecule has 26 heavy (non-hydrogen) atoms. The zero-order valence-electron chi connectivity index (χ0n) is 14.3. The molecule has 0 spiro atoms. The summed E-state index contributed by atoms with van der Waals surface area (Å²) >= 11 is 0. The first kappa shape index (κ1) is 19.6. The molecular formula is C18H20F2N2O4. The third kappa shape index (κ3) is 5.15. The van der Waals surface area contributed by atoms with Crippen LogP contribution >= 0.6 is 0 Å². The number of carbonyl (C=O) groups excluding carboxylic acids is 2. The molecule has 1 fully saturated rings. The zero-order chi connectivity index (χ0) is 19.2. The molecular weight excluding hydrogens is 346 g/mol. The molecule has 1 aliphatic carbocycles. The summed E-state index contributed by atoms with van der Waals surface area (Å²) < 4.78 is 33.5. The van der Waals surface area contributed by atoms with Gasteiger partial charge in [-0.05, 0) is 44.0 Å². The van der Waals surface area contributed by atoms with E-state index in [1.54, 1.807) is 0 Å². The second kappa shape index (κ2) is 8.61. The number of nitriles is 1. The van der Waals surface area contributed by atoms with Gasteiger partial charge in [0.25, 0.3) is 5.91 Å². The Balaban J connectivity index is 1.93. The molecule has 1 aliphatic rings. The Kier molecular flexibility index (Phi) is 6.50. The van der Waals surface area contributed by atoms with E-state index in [9.17, 15) is 23.6 Å². The summed E-state index contributed by atoms with van der Waals surface area (Å²) in [4.78, 5) is 24.4. The van der Waals surface area contributed by atoms with Crippen LogP contribution in [0.25, 0.3) is 0 Å². The Morgan fingerprint density at radius 2 is 1.81 bits per heavy atom. The maximum atomic E-state index is 12.3. The van der Waals surface area contributed by atoms with Crippen LogP contribution in [0.2, 0.25) is 0 Å². The number of rotatable bonds is 6. The van der Waals surface area contributed by atoms with Gasteiger partial charge in [-0.15, -0.1) is 0 Å². The first-order chi connectivity index (χ1) is 12.3. The normalized spacial score (nSPS) is 17.0. The fourth-order valence-corrected chi connectivity index (χ4v) is 2.81. The fourth-order valence-electron chi connectivity index (χ4n) is 2.81. The lowest BCUT2D eigenvalue weighted by molar-refractivity contribution is -0.130. The lowest BCUT2D eigenvalue weighted by Gasteiger charge is -2.32. The molecule has 0 heterocycles. The molecule has 0 radical (unpaired) electrons. The van der Waals surface area contributed by atoms with E-state index in [0.717, 1.165) is 19.3 Å². The monoisotopic (exact) mass is 366 g/mol. The summed E-state index contributed by atoms with van der Waals surface area (Å²) in [5.74, 6) is -1.40. The van der Waals surface area contributed by atoms with Gasteiger partial charge in [-0.2, -0.15) is 14.0 Å². The van der Waals surface area contributed by atoms with Crippen LogP contribution in [0.15, 0.2) is 24.3 Å². The summed E-state index contributed by atoms with van der Waals surface area (Å²) in [6, 6.07) is 7.11. The minimum absolute atomic E-state index is 0.0874. The minimum atomic E-state index is -2.95. The van der Waals surface area contributed by atoms with E-state index in [4.69, 9.17) is 4.74 Å². The van der Waals surface area contributed by atoms with Gasteiger partial charge in [0, 0.05) is 0 Å². The van der Waals surface area contributed by atoms with E-state index in [1.165, 1.54) is 31.2 Å². The van der Waals surface area contributed by atoms with Crippen LogP contribution in [-0.4, -0.2) is 30.1 Å². The van der Waals surface area contributed by atoms with Crippen LogP contribution in [0, 0.1) is 11.3 Å². The van der Waals surface area contributed by atoms with E-state index in [0.29, 0.717) is 12.8 Å². The Morgan fingerprint density at radius 3 is 2.35 bits per heavy atom. The molecule has 0 bridgehead atoms. The van der Waals surface area contributed by atoms with E-state index >= 15 is 0 Å². The summed E-state index contributed by atoms with van der Waals surface area (Å²) in [6.07, 6.45) is 2.79. The molecule has 0 aliphatic heterocycles. The molecule has 1 saturated carbocycles. The molecule has 140 valence electrons. The van der Waals surface area contributed by atoms with Crippen molar-refractivity contribution in [1.82, 2.24) is 5.32 Å². The van der Waals surface area contributed by atoms with Crippen LogP contribution in [0.3, 0.4) is 0 Å². The predicted octanol–water partition coefficient (Wildman–Crippen LogP) is 3.18. The second-order valence-corrected chi connectivity index (χ2v) is 6.19. The molecule has 1 aromatic rings. The summed E-state index contributed by atoms with van der Waals surface area (Å²) in [7, 11) is 0. The Morgan fingerprint density at radius 1 is 1.19 bits per heavy atom. The number of ether oxygens (including phenoxy) is 2. The highest BCUT2D eigenvalue weighted by Crippen LogP contribution is 2.27. The topological polar surface area (TPSA) is 88.4 Å². The Labute approximate surface area is 150 Å². The number of amides is 1. The van der Waals surface area contributed by atoms with Gasteiger partial charge >= 0.3 is 12.6 Å². The van der Waals surface area contributed by atoms with Gasteiger partial charge in [0.15, 0.2) is 6.10 Å². The van der Waals surface area contributed by atoms with Gasteiger partial charge in [0.2, 0.25) is 0 Å². The summed E-state index contributed by atoms with van der Waals surface area (Å²) in [6.45, 7) is -1.54. The van der Waals surface area contributed by atoms with Crippen molar-refractivity contribution in [3.05, 3.63) is 29.8 Å². The van der Waals surface area contributed by atoms with Gasteiger partial charge in [-0.25, -0.2) is 4.79 Å². The van der Waals surface area contributed by atoms with Crippen molar-refractivity contribution in [1.29, 1.82) is 5.26 Å². The van der Waals surface area contributed by atoms with Gasteiger partial charge in [0.05, 0.1) is 11.6 Å². The standard InChI is InChI=1S/C18H20F2N2O4/c1-12(15(23)22-18(11-21)9-3-2-4-10-18)25-16(24)13-5-7-14(8-6-13)26-17(19)20/h5-8,12,17H,2-4,9-10H2,1H3,(H,22,23)/t12-/m1/s1. The number of esters is 1. The molecule has 8 heteroatoms. The average molecular weight is 366 g/mol. The maximum absolute atomic E-state index is 12.3. The van der Waals surface area contributed by atoms with Gasteiger partial charge in [0.1, 0.15) is 11.3 Å². The number of hydrogen-bond donors (Lipinski definition) is 1. The van der Waals surface area contributed by atoms with Crippen molar-refractivity contribution >= 4 is 11.9 Å². The number of hydrogen-bond acceptors (Lipinski definition) is 5. The summed E-state index contributed by atoms with van der Waals surface area (Å²) in [5, 5.41) is 12.1. The predicted molar refractivity (Wildman–Crippen MR) is 87.5 cm³/mol. The quantitative estimate of drug-likeness (QED) is 0.781. The molecule has 2 rings (SSSR count). The van der Waals surface area contributed by atoms with Crippen molar-refractivity contribution in [2.24, 2.45) is 0 Å². The van der Waals surface area contributed by atoms with E-state index < -0.39 is 30.1 Å². The highest BCUT2D eigenvalue weighted by Gasteiger charge is 2.35. The van der Waals surface area contributed by atoms with Gasteiger partial charge in [-0.1, -0.05) is 19.3 Å². The number of benzene rings is 1. The maximum Gasteiger partial charge on any atom is 0.387 e. The molecule has 1 aromatic carbocycles. The van der Waals surface area contributed by atoms with Crippen molar-refractivity contribution in [2.45, 2.75) is 57.3 Å². The van der Waals surface area contributed by atoms with Crippen LogP contribution in [0.5, 0.6) is 5.75 Å². The smallest absolute Gasteiger partial charge is 0.387 e. The molecule has 6 nitrogen and oxygen atoms in total. The minimum Gasteiger partial charge on any atom is -0.449 e. The zero-order valence-corrected chi connectivity index (χ0v) is 14.3. The molecule has 1 atom stereocenters. The number of nitrogens with zero attached hydrogens (tertiary/aromatic N) is 1. The largest absolute Gasteiger partial charge is 0.449 e. The van der Waals surface area contributed by atoms with E-state index in [1.807, 2.05) is 0 Å². The Hall–Kier alpha value is -2.69. The molecule has 0 saturated heterocycles. The van der Waals surface area contributed by atoms with Crippen molar-refractivity contribution < 1.29 is 27.8 Å². The van der Waals surface area contributed by atoms with E-state index in [-0.39, 0.29) is 11.3 Å².